The monoisotopic (exact) mass is 259 g/mol. The third-order valence-corrected chi connectivity index (χ3v) is 2.64. The molecule has 1 aromatic carbocycles. The molecule has 98 valence electrons. The van der Waals surface area contributed by atoms with Gasteiger partial charge in [-0.05, 0) is 27.1 Å². The second-order valence-corrected chi connectivity index (χ2v) is 3.99. The molecule has 1 heterocycles. The number of aliphatic hydroxyl groups is 1. The molecule has 2 N–H and O–H groups in total. The number of benzene rings is 1. The van der Waals surface area contributed by atoms with Gasteiger partial charge >= 0.3 is 5.82 Å². The quantitative estimate of drug-likeness (QED) is 0.634. The van der Waals surface area contributed by atoms with Crippen molar-refractivity contribution >= 4 is 11.5 Å². The van der Waals surface area contributed by atoms with Crippen molar-refractivity contribution in [1.29, 1.82) is 0 Å². The van der Waals surface area contributed by atoms with Crippen LogP contribution in [0.2, 0.25) is 0 Å². The molecule has 0 saturated heterocycles. The molecule has 0 atom stereocenters. The van der Waals surface area contributed by atoms with Gasteiger partial charge in [-0.3, -0.25) is 0 Å². The second-order valence-electron chi connectivity index (χ2n) is 3.99. The number of hydrogen-bond acceptors (Lipinski definition) is 5. The van der Waals surface area contributed by atoms with Crippen molar-refractivity contribution in [3.63, 3.8) is 0 Å². The van der Waals surface area contributed by atoms with E-state index in [0.29, 0.717) is 6.54 Å². The molecule has 19 heavy (non-hydrogen) atoms. The van der Waals surface area contributed by atoms with Gasteiger partial charge in [0, 0.05) is 12.6 Å². The minimum atomic E-state index is -0.530. The second kappa shape index (κ2) is 5.92. The molecule has 0 aliphatic carbocycles. The maximum Gasteiger partial charge on any atom is 0.363 e. The SMILES string of the molecule is O=[N+]([O-])c1ccc(NCc2ccc(CO)cc2)cn1. The van der Waals surface area contributed by atoms with E-state index in [1.165, 1.54) is 12.3 Å². The lowest BCUT2D eigenvalue weighted by atomic mass is 10.1. The van der Waals surface area contributed by atoms with Crippen molar-refractivity contribution < 1.29 is 10.0 Å². The Hall–Kier alpha value is -2.47. The Morgan fingerprint density at radius 1 is 1.16 bits per heavy atom. The Morgan fingerprint density at radius 3 is 2.37 bits per heavy atom. The molecule has 6 heteroatoms. The van der Waals surface area contributed by atoms with Gasteiger partial charge in [0.25, 0.3) is 0 Å². The van der Waals surface area contributed by atoms with E-state index < -0.39 is 4.92 Å². The summed E-state index contributed by atoms with van der Waals surface area (Å²) in [5.74, 6) is -0.169. The summed E-state index contributed by atoms with van der Waals surface area (Å²) in [7, 11) is 0. The molecule has 0 bridgehead atoms. The van der Waals surface area contributed by atoms with Gasteiger partial charge in [0.15, 0.2) is 6.20 Å². The zero-order valence-electron chi connectivity index (χ0n) is 10.1. The molecular weight excluding hydrogens is 246 g/mol. The van der Waals surface area contributed by atoms with E-state index in [0.717, 1.165) is 16.8 Å². The summed E-state index contributed by atoms with van der Waals surface area (Å²) in [6.07, 6.45) is 1.43. The molecule has 0 aliphatic rings. The Labute approximate surface area is 109 Å². The maximum absolute atomic E-state index is 10.5. The number of aliphatic hydroxyl groups excluding tert-OH is 1. The predicted molar refractivity (Wildman–Crippen MR) is 70.6 cm³/mol. The summed E-state index contributed by atoms with van der Waals surface area (Å²) in [4.78, 5) is 13.6. The van der Waals surface area contributed by atoms with E-state index in [1.807, 2.05) is 24.3 Å². The van der Waals surface area contributed by atoms with Crippen LogP contribution < -0.4 is 5.32 Å². The van der Waals surface area contributed by atoms with Gasteiger partial charge in [0.05, 0.1) is 12.3 Å². The van der Waals surface area contributed by atoms with E-state index in [2.05, 4.69) is 10.3 Å². The first kappa shape index (κ1) is 13.0. The average molecular weight is 259 g/mol. The van der Waals surface area contributed by atoms with E-state index in [9.17, 15) is 10.1 Å². The van der Waals surface area contributed by atoms with Crippen LogP contribution in [-0.2, 0) is 13.2 Å². The van der Waals surface area contributed by atoms with Gasteiger partial charge in [-0.25, -0.2) is 0 Å². The Morgan fingerprint density at radius 2 is 1.84 bits per heavy atom. The van der Waals surface area contributed by atoms with Crippen LogP contribution in [0.3, 0.4) is 0 Å². The lowest BCUT2D eigenvalue weighted by Gasteiger charge is -2.05. The number of pyridine rings is 1. The maximum atomic E-state index is 10.5. The number of aromatic nitrogens is 1. The zero-order valence-corrected chi connectivity index (χ0v) is 10.1. The van der Waals surface area contributed by atoms with E-state index >= 15 is 0 Å². The predicted octanol–water partition coefficient (Wildman–Crippen LogP) is 2.09. The number of nitrogens with zero attached hydrogens (tertiary/aromatic N) is 2. The van der Waals surface area contributed by atoms with Crippen molar-refractivity contribution in [2.24, 2.45) is 0 Å². The summed E-state index contributed by atoms with van der Waals surface area (Å²) in [6, 6.07) is 10.5. The molecule has 0 aliphatic heterocycles. The molecule has 6 nitrogen and oxygen atoms in total. The Balaban J connectivity index is 1.95. The zero-order chi connectivity index (χ0) is 13.7. The van der Waals surface area contributed by atoms with Crippen molar-refractivity contribution in [1.82, 2.24) is 4.98 Å². The van der Waals surface area contributed by atoms with Gasteiger partial charge in [0.1, 0.15) is 0 Å². The fourth-order valence-corrected chi connectivity index (χ4v) is 1.57. The van der Waals surface area contributed by atoms with Gasteiger partial charge in [-0.15, -0.1) is 0 Å². The number of rotatable bonds is 5. The van der Waals surface area contributed by atoms with Crippen LogP contribution in [0.25, 0.3) is 0 Å². The number of anilines is 1. The summed E-state index contributed by atoms with van der Waals surface area (Å²) in [5, 5.41) is 22.5. The first-order chi connectivity index (χ1) is 9.19. The van der Waals surface area contributed by atoms with Crippen LogP contribution in [0.4, 0.5) is 11.5 Å². The number of hydrogen-bond donors (Lipinski definition) is 2. The highest BCUT2D eigenvalue weighted by Crippen LogP contribution is 2.13. The lowest BCUT2D eigenvalue weighted by Crippen LogP contribution is -2.00. The van der Waals surface area contributed by atoms with Crippen molar-refractivity contribution in [3.05, 3.63) is 63.8 Å². The molecule has 2 aromatic rings. The third-order valence-electron chi connectivity index (χ3n) is 2.64. The standard InChI is InChI=1S/C13H13N3O3/c17-9-11-3-1-10(2-4-11)7-14-12-5-6-13(15-8-12)16(18)19/h1-6,8,14,17H,7,9H2. The normalized spacial score (nSPS) is 10.2. The van der Waals surface area contributed by atoms with Crippen molar-refractivity contribution in [3.8, 4) is 0 Å². The van der Waals surface area contributed by atoms with Crippen LogP contribution in [-0.4, -0.2) is 15.0 Å². The van der Waals surface area contributed by atoms with Crippen molar-refractivity contribution in [2.45, 2.75) is 13.2 Å². The van der Waals surface area contributed by atoms with Crippen LogP contribution in [0.5, 0.6) is 0 Å². The van der Waals surface area contributed by atoms with Crippen LogP contribution in [0.1, 0.15) is 11.1 Å². The molecule has 0 radical (unpaired) electrons. The summed E-state index contributed by atoms with van der Waals surface area (Å²) in [5.41, 5.74) is 2.63. The third kappa shape index (κ3) is 3.49. The minimum absolute atomic E-state index is 0.0278. The Bertz CT molecular complexity index is 552. The summed E-state index contributed by atoms with van der Waals surface area (Å²) < 4.78 is 0. The molecule has 0 unspecified atom stereocenters. The first-order valence-electron chi connectivity index (χ1n) is 5.72. The molecule has 0 fully saturated rings. The fourth-order valence-electron chi connectivity index (χ4n) is 1.57. The molecule has 2 rings (SSSR count). The molecule has 0 amide bonds. The van der Waals surface area contributed by atoms with E-state index in [1.54, 1.807) is 6.07 Å². The lowest BCUT2D eigenvalue weighted by molar-refractivity contribution is -0.389. The first-order valence-corrected chi connectivity index (χ1v) is 5.72. The van der Waals surface area contributed by atoms with Gasteiger partial charge in [-0.2, -0.15) is 0 Å². The Kier molecular flexibility index (Phi) is 4.04. The summed E-state index contributed by atoms with van der Waals surface area (Å²) >= 11 is 0. The van der Waals surface area contributed by atoms with Gasteiger partial charge in [-0.1, -0.05) is 24.3 Å². The number of nitrogens with one attached hydrogen (secondary N) is 1. The van der Waals surface area contributed by atoms with Gasteiger partial charge < -0.3 is 20.5 Å². The molecule has 0 saturated carbocycles. The van der Waals surface area contributed by atoms with Crippen LogP contribution >= 0.6 is 0 Å². The highest BCUT2D eigenvalue weighted by Gasteiger charge is 2.05. The smallest absolute Gasteiger partial charge is 0.363 e. The van der Waals surface area contributed by atoms with Crippen LogP contribution in [0.15, 0.2) is 42.6 Å². The highest BCUT2D eigenvalue weighted by atomic mass is 16.6. The molecular formula is C13H13N3O3. The van der Waals surface area contributed by atoms with E-state index in [-0.39, 0.29) is 12.4 Å². The number of nitro groups is 1. The molecule has 1 aromatic heterocycles. The van der Waals surface area contributed by atoms with Crippen molar-refractivity contribution in [2.75, 3.05) is 5.32 Å². The average Bonchev–Trinajstić information content (AvgIpc) is 2.46. The van der Waals surface area contributed by atoms with Gasteiger partial charge in [0.2, 0.25) is 0 Å². The van der Waals surface area contributed by atoms with Crippen LogP contribution in [0, 0.1) is 10.1 Å². The summed E-state index contributed by atoms with van der Waals surface area (Å²) in [6.45, 7) is 0.616. The minimum Gasteiger partial charge on any atom is -0.392 e. The molecule has 0 spiro atoms. The topological polar surface area (TPSA) is 88.3 Å². The highest BCUT2D eigenvalue weighted by molar-refractivity contribution is 5.44. The largest absolute Gasteiger partial charge is 0.392 e. The van der Waals surface area contributed by atoms with E-state index in [4.69, 9.17) is 5.11 Å². The fraction of sp³-hybridized carbons (Fsp3) is 0.154.